The zero-order chi connectivity index (χ0) is 21.3. The van der Waals surface area contributed by atoms with Crippen LogP contribution >= 0.6 is 0 Å². The van der Waals surface area contributed by atoms with Gasteiger partial charge in [-0.05, 0) is 44.4 Å². The largest absolute Gasteiger partial charge is 0.871 e. The van der Waals surface area contributed by atoms with Crippen LogP contribution in [0.1, 0.15) is 59.7 Å². The van der Waals surface area contributed by atoms with Crippen LogP contribution in [-0.2, 0) is 10.3 Å². The van der Waals surface area contributed by atoms with E-state index in [1.165, 1.54) is 9.37 Å². The van der Waals surface area contributed by atoms with Crippen LogP contribution in [0.5, 0.6) is 5.88 Å². The smallest absolute Gasteiger partial charge is 0.401 e. The summed E-state index contributed by atoms with van der Waals surface area (Å²) in [7, 11) is 0. The second kappa shape index (κ2) is 5.80. The Morgan fingerprint density at radius 3 is 1.96 bits per heavy atom. The summed E-state index contributed by atoms with van der Waals surface area (Å²) in [6.07, 6.45) is 0. The van der Waals surface area contributed by atoms with E-state index in [1.807, 2.05) is 41.5 Å². The number of aliphatic hydroxyl groups is 1. The molecule has 0 atom stereocenters. The molecular weight excluding hydrogens is 360 g/mol. The van der Waals surface area contributed by atoms with Crippen LogP contribution in [0, 0.1) is 6.92 Å². The van der Waals surface area contributed by atoms with Crippen LogP contribution in [0.2, 0.25) is 0 Å². The number of aryl methyl sites for hydroxylation is 1. The Labute approximate surface area is 163 Å². The number of aromatic hydroxyl groups is 1. The molecule has 1 aliphatic heterocycles. The molecule has 1 aromatic heterocycles. The third-order valence-corrected chi connectivity index (χ3v) is 4.75. The van der Waals surface area contributed by atoms with E-state index in [4.69, 9.17) is 0 Å². The first kappa shape index (κ1) is 19.9. The molecule has 28 heavy (non-hydrogen) atoms. The van der Waals surface area contributed by atoms with E-state index >= 15 is 0 Å². The molecule has 0 saturated heterocycles. The van der Waals surface area contributed by atoms with Gasteiger partial charge in [0, 0.05) is 31.9 Å². The van der Waals surface area contributed by atoms with E-state index in [1.54, 1.807) is 13.8 Å². The number of ketones is 1. The van der Waals surface area contributed by atoms with Gasteiger partial charge in [0.25, 0.3) is 0 Å². The van der Waals surface area contributed by atoms with Crippen molar-refractivity contribution in [1.29, 1.82) is 0 Å². The highest BCUT2D eigenvalue weighted by atomic mass is 16.3. The van der Waals surface area contributed by atoms with Crippen molar-refractivity contribution in [2.75, 3.05) is 0 Å². The molecule has 0 aromatic carbocycles. The van der Waals surface area contributed by atoms with E-state index in [0.29, 0.717) is 11.4 Å². The quantitative estimate of drug-likeness (QED) is 0.564. The second-order valence-corrected chi connectivity index (χ2v) is 9.14. The minimum absolute atomic E-state index is 0.109. The summed E-state index contributed by atoms with van der Waals surface area (Å²) in [5.41, 5.74) is -0.157. The Bertz CT molecular complexity index is 1040. The number of carbonyl (C=O) groups excluding carboxylic acids is 1. The highest BCUT2D eigenvalue weighted by molar-refractivity contribution is 6.43. The molecule has 1 aliphatic carbocycles. The molecule has 8 nitrogen and oxygen atoms in total. The monoisotopic (exact) mass is 386 g/mol. The number of aromatic nitrogens is 2. The third-order valence-electron chi connectivity index (χ3n) is 4.75. The van der Waals surface area contributed by atoms with Crippen molar-refractivity contribution in [2.45, 2.75) is 66.5 Å². The maximum absolute atomic E-state index is 12.9. The number of Topliss-reactive ketones (excluding diaryl/α,β-unsaturated/α-hetero) is 1. The van der Waals surface area contributed by atoms with Gasteiger partial charge >= 0.3 is 5.90 Å². The molecule has 3 rings (SSSR count). The van der Waals surface area contributed by atoms with Gasteiger partial charge in [-0.25, -0.2) is 4.68 Å². The van der Waals surface area contributed by atoms with Crippen LogP contribution < -0.4 is 5.11 Å². The van der Waals surface area contributed by atoms with E-state index in [0.717, 1.165) is 0 Å². The molecule has 0 fully saturated rings. The number of rotatable bonds is 1. The minimum Gasteiger partial charge on any atom is -0.871 e. The van der Waals surface area contributed by atoms with Gasteiger partial charge in [0.2, 0.25) is 5.88 Å². The molecule has 0 unspecified atom stereocenters. The van der Waals surface area contributed by atoms with Crippen LogP contribution in [-0.4, -0.2) is 47.6 Å². The predicted molar refractivity (Wildman–Crippen MR) is 103 cm³/mol. The summed E-state index contributed by atoms with van der Waals surface area (Å²) in [4.78, 5) is 12.9. The zero-order valence-corrected chi connectivity index (χ0v) is 17.5. The highest BCUT2D eigenvalue weighted by Crippen LogP contribution is 2.43. The van der Waals surface area contributed by atoms with Gasteiger partial charge in [-0.15, -0.1) is 0 Å². The SMILES string of the molecule is CC1=N[N+](C(C)(C)C)=C(O)/C1=C1\C(=O)C(c2c(C)nn(C(C)(C)C)c2O)=C1[O-]. The third kappa shape index (κ3) is 2.66. The second-order valence-electron chi connectivity index (χ2n) is 9.14. The van der Waals surface area contributed by atoms with Gasteiger partial charge in [0.15, 0.2) is 11.3 Å². The number of hydrogen-bond acceptors (Lipinski definition) is 5. The minimum atomic E-state index is -0.524. The maximum atomic E-state index is 12.9. The van der Waals surface area contributed by atoms with E-state index < -0.39 is 22.6 Å². The van der Waals surface area contributed by atoms with Crippen LogP contribution in [0.4, 0.5) is 0 Å². The molecule has 2 N–H and O–H groups in total. The van der Waals surface area contributed by atoms with Crippen LogP contribution in [0.3, 0.4) is 0 Å². The fraction of sp³-hybridized carbons (Fsp3) is 0.500. The summed E-state index contributed by atoms with van der Waals surface area (Å²) in [6.45, 7) is 14.4. The summed E-state index contributed by atoms with van der Waals surface area (Å²) < 4.78 is 2.78. The lowest BCUT2D eigenvalue weighted by Crippen LogP contribution is -2.35. The number of hydrazone groups is 1. The molecule has 0 spiro atoms. The lowest BCUT2D eigenvalue weighted by Gasteiger charge is -2.31. The Kier molecular flexibility index (Phi) is 4.11. The maximum Gasteiger partial charge on any atom is 0.401 e. The number of aliphatic hydroxyl groups excluding tert-OH is 1. The average Bonchev–Trinajstić information content (AvgIpc) is 2.99. The van der Waals surface area contributed by atoms with E-state index in [-0.39, 0.29) is 34.1 Å². The summed E-state index contributed by atoms with van der Waals surface area (Å²) in [5, 5.41) is 42.7. The van der Waals surface area contributed by atoms with Crippen LogP contribution in [0.15, 0.2) is 22.0 Å². The fourth-order valence-electron chi connectivity index (χ4n) is 3.40. The van der Waals surface area contributed by atoms with Gasteiger partial charge in [-0.2, -0.15) is 5.10 Å². The Balaban J connectivity index is 2.20. The van der Waals surface area contributed by atoms with Crippen molar-refractivity contribution < 1.29 is 24.8 Å². The van der Waals surface area contributed by atoms with Gasteiger partial charge in [0.05, 0.1) is 16.8 Å². The van der Waals surface area contributed by atoms with E-state index in [9.17, 15) is 20.1 Å². The molecule has 1 aromatic rings. The lowest BCUT2D eigenvalue weighted by atomic mass is 9.80. The number of hydrogen-bond donors (Lipinski definition) is 2. The number of nitrogens with zero attached hydrogens (tertiary/aromatic N) is 4. The average molecular weight is 386 g/mol. The van der Waals surface area contributed by atoms with Gasteiger partial charge < -0.3 is 15.3 Å². The first-order valence-corrected chi connectivity index (χ1v) is 9.10. The van der Waals surface area contributed by atoms with Crippen LogP contribution in [0.25, 0.3) is 5.57 Å². The van der Waals surface area contributed by atoms with Crippen molar-refractivity contribution >= 4 is 23.0 Å². The molecule has 150 valence electrons. The molecule has 0 amide bonds. The Hall–Kier alpha value is -2.90. The van der Waals surface area contributed by atoms with Crippen molar-refractivity contribution in [2.24, 2.45) is 5.10 Å². The van der Waals surface area contributed by atoms with Crippen molar-refractivity contribution in [3.8, 4) is 5.88 Å². The summed E-state index contributed by atoms with van der Waals surface area (Å²) in [5.74, 6) is -1.48. The molecule has 0 saturated carbocycles. The number of allylic oxidation sites excluding steroid dienone is 2. The number of carbonyl (C=O) groups is 1. The first-order valence-electron chi connectivity index (χ1n) is 9.10. The lowest BCUT2D eigenvalue weighted by molar-refractivity contribution is -0.605. The standard InChI is InChI=1S/C20H26N4O4/c1-9-11(17(27)23(21-9)19(3,4)5)13-15(25)14(16(13)26)12-10(2)22-24(18(12)28)20(6,7)8/h1-8H3,(H2,21,22,25,26,27,28). The predicted octanol–water partition coefficient (Wildman–Crippen LogP) is 1.76. The highest BCUT2D eigenvalue weighted by Gasteiger charge is 2.45. The molecule has 2 aliphatic rings. The van der Waals surface area contributed by atoms with Crippen molar-refractivity contribution in [3.63, 3.8) is 0 Å². The van der Waals surface area contributed by atoms with Gasteiger partial charge in [-0.1, -0.05) is 5.76 Å². The van der Waals surface area contributed by atoms with E-state index in [2.05, 4.69) is 10.2 Å². The van der Waals surface area contributed by atoms with Crippen molar-refractivity contribution in [3.05, 3.63) is 28.2 Å². The fourth-order valence-corrected chi connectivity index (χ4v) is 3.40. The molecule has 8 heteroatoms. The topological polar surface area (TPSA) is 114 Å². The molecule has 0 bridgehead atoms. The van der Waals surface area contributed by atoms with Crippen molar-refractivity contribution in [1.82, 2.24) is 9.78 Å². The zero-order valence-electron chi connectivity index (χ0n) is 17.5. The normalized spacial score (nSPS) is 20.9. The molecule has 0 radical (unpaired) electrons. The Morgan fingerprint density at radius 1 is 1.00 bits per heavy atom. The van der Waals surface area contributed by atoms with Gasteiger partial charge in [-0.3, -0.25) is 4.79 Å². The summed E-state index contributed by atoms with van der Waals surface area (Å²) >= 11 is 0. The molecular formula is C20H26N4O4. The van der Waals surface area contributed by atoms with Gasteiger partial charge in [0.1, 0.15) is 11.3 Å². The Morgan fingerprint density at radius 2 is 1.57 bits per heavy atom. The summed E-state index contributed by atoms with van der Waals surface area (Å²) in [6, 6.07) is 0. The first-order chi connectivity index (χ1) is 12.7. The molecule has 2 heterocycles.